The molecule has 0 radical (unpaired) electrons. The molecule has 0 aliphatic heterocycles. The fourth-order valence-electron chi connectivity index (χ4n) is 0.462. The second-order valence-electron chi connectivity index (χ2n) is 2.45. The minimum atomic E-state index is 0.0651. The molecule has 2 nitrogen and oxygen atoms in total. The van der Waals surface area contributed by atoms with Gasteiger partial charge in [0.05, 0.1) is 0 Å². The van der Waals surface area contributed by atoms with Crippen LogP contribution in [-0.4, -0.2) is 12.5 Å². The van der Waals surface area contributed by atoms with Crippen molar-refractivity contribution in [3.63, 3.8) is 0 Å². The van der Waals surface area contributed by atoms with Crippen molar-refractivity contribution >= 4 is 5.91 Å². The molecule has 0 bridgehead atoms. The van der Waals surface area contributed by atoms with E-state index < -0.39 is 0 Å². The molecular weight excluding hydrogens is 162 g/mol. The molecule has 1 unspecified atom stereocenters. The van der Waals surface area contributed by atoms with Crippen LogP contribution in [0.1, 0.15) is 54.9 Å². The van der Waals surface area contributed by atoms with E-state index in [1.807, 2.05) is 27.7 Å². The molecule has 0 aliphatic rings. The number of nitrogens with one attached hydrogen (secondary N) is 1. The summed E-state index contributed by atoms with van der Waals surface area (Å²) < 4.78 is 0. The van der Waals surface area contributed by atoms with Crippen LogP contribution in [0.4, 0.5) is 0 Å². The molecule has 0 aromatic carbocycles. The van der Waals surface area contributed by atoms with Crippen molar-refractivity contribution in [1.82, 2.24) is 5.32 Å². The number of hydrogen-bond donors (Lipinski definition) is 1. The summed E-state index contributed by atoms with van der Waals surface area (Å²) >= 11 is 0. The molecule has 1 atom stereocenters. The number of carbonyl (C=O) groups is 1. The van der Waals surface area contributed by atoms with E-state index in [1.165, 1.54) is 0 Å². The third-order valence-corrected chi connectivity index (χ3v) is 1.40. The first-order valence-corrected chi connectivity index (χ1v) is 5.41. The minimum Gasteiger partial charge on any atom is -0.356 e. The number of rotatable bonds is 3. The van der Waals surface area contributed by atoms with Crippen LogP contribution >= 0.6 is 0 Å². The maximum atomic E-state index is 10.4. The molecule has 1 N–H and O–H groups in total. The topological polar surface area (TPSA) is 29.1 Å². The predicted octanol–water partition coefficient (Wildman–Crippen LogP) is 3.22. The van der Waals surface area contributed by atoms with E-state index in [0.717, 1.165) is 13.0 Å². The summed E-state index contributed by atoms with van der Waals surface area (Å²) in [6.45, 7) is 14.6. The molecule has 0 saturated heterocycles. The van der Waals surface area contributed by atoms with Crippen molar-refractivity contribution in [2.45, 2.75) is 54.9 Å². The predicted molar refractivity (Wildman–Crippen MR) is 60.8 cm³/mol. The van der Waals surface area contributed by atoms with Crippen molar-refractivity contribution in [3.8, 4) is 0 Å². The summed E-state index contributed by atoms with van der Waals surface area (Å²) in [6.07, 6.45) is 1.13. The summed E-state index contributed by atoms with van der Waals surface area (Å²) in [5, 5.41) is 2.76. The summed E-state index contributed by atoms with van der Waals surface area (Å²) in [6, 6.07) is 0. The highest BCUT2D eigenvalue weighted by molar-refractivity contribution is 5.72. The van der Waals surface area contributed by atoms with E-state index in [9.17, 15) is 4.79 Å². The van der Waals surface area contributed by atoms with Crippen LogP contribution in [0.5, 0.6) is 0 Å². The Morgan fingerprint density at radius 2 is 1.62 bits per heavy atom. The van der Waals surface area contributed by atoms with Gasteiger partial charge in [0, 0.05) is 13.5 Å². The zero-order valence-electron chi connectivity index (χ0n) is 10.4. The Morgan fingerprint density at radius 1 is 1.23 bits per heavy atom. The van der Waals surface area contributed by atoms with Crippen LogP contribution in [0.2, 0.25) is 0 Å². The standard InChI is InChI=1S/C7H15NO.2C2H6/c1-4-6(2)5-8-7(3)9;2*1-2/h6H,4-5H2,1-3H3,(H,8,9);2*1-2H3. The Morgan fingerprint density at radius 3 is 1.85 bits per heavy atom. The molecule has 0 heterocycles. The lowest BCUT2D eigenvalue weighted by Crippen LogP contribution is -2.25. The molecule has 0 rings (SSSR count). The van der Waals surface area contributed by atoms with Crippen LogP contribution in [0.3, 0.4) is 0 Å². The first-order chi connectivity index (χ1) is 6.16. The van der Waals surface area contributed by atoms with Crippen molar-refractivity contribution < 1.29 is 4.79 Å². The van der Waals surface area contributed by atoms with Crippen LogP contribution in [-0.2, 0) is 4.79 Å². The van der Waals surface area contributed by atoms with Crippen LogP contribution in [0.15, 0.2) is 0 Å². The van der Waals surface area contributed by atoms with Crippen molar-refractivity contribution in [2.24, 2.45) is 5.92 Å². The zero-order chi connectivity index (χ0) is 11.3. The second-order valence-corrected chi connectivity index (χ2v) is 2.45. The quantitative estimate of drug-likeness (QED) is 0.725. The Hall–Kier alpha value is -0.530. The highest BCUT2D eigenvalue weighted by Crippen LogP contribution is 1.96. The fraction of sp³-hybridized carbons (Fsp3) is 0.909. The lowest BCUT2D eigenvalue weighted by atomic mass is 10.1. The normalized spacial score (nSPS) is 9.77. The molecular formula is C11H27NO. The number of carbonyl (C=O) groups excluding carboxylic acids is 1. The third kappa shape index (κ3) is 24.6. The molecule has 0 spiro atoms. The van der Waals surface area contributed by atoms with Crippen LogP contribution < -0.4 is 5.32 Å². The van der Waals surface area contributed by atoms with E-state index in [4.69, 9.17) is 0 Å². The van der Waals surface area contributed by atoms with Crippen molar-refractivity contribution in [3.05, 3.63) is 0 Å². The lowest BCUT2D eigenvalue weighted by molar-refractivity contribution is -0.119. The van der Waals surface area contributed by atoms with E-state index in [-0.39, 0.29) is 5.91 Å². The summed E-state index contributed by atoms with van der Waals surface area (Å²) in [5.74, 6) is 0.671. The first kappa shape index (κ1) is 18.3. The number of hydrogen-bond acceptors (Lipinski definition) is 1. The van der Waals surface area contributed by atoms with Crippen molar-refractivity contribution in [2.75, 3.05) is 6.54 Å². The monoisotopic (exact) mass is 189 g/mol. The Kier molecular flexibility index (Phi) is 24.7. The lowest BCUT2D eigenvalue weighted by Gasteiger charge is -2.07. The maximum absolute atomic E-state index is 10.4. The van der Waals surface area contributed by atoms with Gasteiger partial charge in [0.25, 0.3) is 0 Å². The molecule has 0 fully saturated rings. The largest absolute Gasteiger partial charge is 0.356 e. The van der Waals surface area contributed by atoms with E-state index in [1.54, 1.807) is 6.92 Å². The molecule has 1 amide bonds. The van der Waals surface area contributed by atoms with Crippen molar-refractivity contribution in [1.29, 1.82) is 0 Å². The van der Waals surface area contributed by atoms with Gasteiger partial charge in [-0.05, 0) is 5.92 Å². The fourth-order valence-corrected chi connectivity index (χ4v) is 0.462. The molecule has 0 aliphatic carbocycles. The van der Waals surface area contributed by atoms with Gasteiger partial charge in [0.1, 0.15) is 0 Å². The smallest absolute Gasteiger partial charge is 0.216 e. The van der Waals surface area contributed by atoms with Gasteiger partial charge < -0.3 is 5.32 Å². The second kappa shape index (κ2) is 17.5. The minimum absolute atomic E-state index is 0.0651. The average Bonchev–Trinajstić information content (AvgIpc) is 2.20. The SMILES string of the molecule is CC.CC.CCC(C)CNC(C)=O. The highest BCUT2D eigenvalue weighted by Gasteiger charge is 1.97. The van der Waals surface area contributed by atoms with Gasteiger partial charge in [-0.15, -0.1) is 0 Å². The van der Waals surface area contributed by atoms with Crippen LogP contribution in [0, 0.1) is 5.92 Å². The van der Waals surface area contributed by atoms with E-state index >= 15 is 0 Å². The van der Waals surface area contributed by atoms with Gasteiger partial charge in [-0.25, -0.2) is 0 Å². The van der Waals surface area contributed by atoms with Crippen LogP contribution in [0.25, 0.3) is 0 Å². The zero-order valence-corrected chi connectivity index (χ0v) is 10.4. The summed E-state index contributed by atoms with van der Waals surface area (Å²) in [4.78, 5) is 10.4. The van der Waals surface area contributed by atoms with Gasteiger partial charge in [-0.1, -0.05) is 48.0 Å². The number of amides is 1. The molecule has 0 aromatic heterocycles. The van der Waals surface area contributed by atoms with Gasteiger partial charge >= 0.3 is 0 Å². The van der Waals surface area contributed by atoms with Gasteiger partial charge in [-0.3, -0.25) is 4.79 Å². The highest BCUT2D eigenvalue weighted by atomic mass is 16.1. The average molecular weight is 189 g/mol. The van der Waals surface area contributed by atoms with E-state index in [0.29, 0.717) is 5.92 Å². The van der Waals surface area contributed by atoms with Gasteiger partial charge in [-0.2, -0.15) is 0 Å². The summed E-state index contributed by atoms with van der Waals surface area (Å²) in [5.41, 5.74) is 0. The van der Waals surface area contributed by atoms with Gasteiger partial charge in [0.15, 0.2) is 0 Å². The Labute approximate surface area is 84.1 Å². The Bertz CT molecular complexity index is 92.1. The Balaban J connectivity index is -0.000000218. The molecule has 0 aromatic rings. The maximum Gasteiger partial charge on any atom is 0.216 e. The van der Waals surface area contributed by atoms with E-state index in [2.05, 4.69) is 19.2 Å². The first-order valence-electron chi connectivity index (χ1n) is 5.41. The third-order valence-electron chi connectivity index (χ3n) is 1.40. The molecule has 2 heteroatoms. The molecule has 0 saturated carbocycles. The summed E-state index contributed by atoms with van der Waals surface area (Å²) in [7, 11) is 0. The molecule has 13 heavy (non-hydrogen) atoms. The molecule has 82 valence electrons. The van der Waals surface area contributed by atoms with Gasteiger partial charge in [0.2, 0.25) is 5.91 Å².